The fourth-order valence-electron chi connectivity index (χ4n) is 1.69. The Balaban J connectivity index is 2.02. The summed E-state index contributed by atoms with van der Waals surface area (Å²) in [7, 11) is 0. The Morgan fingerprint density at radius 3 is 2.70 bits per heavy atom. The van der Waals surface area contributed by atoms with Crippen LogP contribution in [-0.2, 0) is 0 Å². The van der Waals surface area contributed by atoms with E-state index in [0.29, 0.717) is 16.1 Å². The van der Waals surface area contributed by atoms with Gasteiger partial charge in [0.05, 0.1) is 0 Å². The van der Waals surface area contributed by atoms with Gasteiger partial charge in [0.2, 0.25) is 0 Å². The summed E-state index contributed by atoms with van der Waals surface area (Å²) in [5, 5.41) is 16.4. The largest absolute Gasteiger partial charge is 0.476 e. The maximum absolute atomic E-state index is 11.0. The van der Waals surface area contributed by atoms with Crippen molar-refractivity contribution in [1.82, 2.24) is 19.6 Å². The molecular formula is C12H8BrN5O2. The minimum absolute atomic E-state index is 0.0708. The van der Waals surface area contributed by atoms with E-state index in [1.807, 2.05) is 0 Å². The number of halogens is 1. The van der Waals surface area contributed by atoms with Crippen molar-refractivity contribution in [2.75, 3.05) is 5.32 Å². The summed E-state index contributed by atoms with van der Waals surface area (Å²) < 4.78 is 1.73. The zero-order chi connectivity index (χ0) is 14.1. The third kappa shape index (κ3) is 2.21. The number of aromatic carboxylic acids is 1. The monoisotopic (exact) mass is 333 g/mol. The first kappa shape index (κ1) is 12.5. The zero-order valence-corrected chi connectivity index (χ0v) is 11.6. The number of pyridine rings is 1. The van der Waals surface area contributed by atoms with E-state index in [1.165, 1.54) is 4.52 Å². The third-order valence-corrected chi connectivity index (χ3v) is 3.29. The Labute approximate surface area is 121 Å². The van der Waals surface area contributed by atoms with Crippen molar-refractivity contribution < 1.29 is 9.90 Å². The van der Waals surface area contributed by atoms with Crippen LogP contribution < -0.4 is 5.32 Å². The molecule has 3 aromatic heterocycles. The van der Waals surface area contributed by atoms with Gasteiger partial charge in [0.15, 0.2) is 17.2 Å². The third-order valence-electron chi connectivity index (χ3n) is 2.58. The minimum atomic E-state index is -1.11. The van der Waals surface area contributed by atoms with E-state index in [1.54, 1.807) is 36.7 Å². The number of imidazole rings is 1. The summed E-state index contributed by atoms with van der Waals surface area (Å²) in [6.07, 6.45) is 3.33. The number of carbonyl (C=O) groups is 1. The van der Waals surface area contributed by atoms with E-state index in [2.05, 4.69) is 36.3 Å². The summed E-state index contributed by atoms with van der Waals surface area (Å²) in [4.78, 5) is 18.9. The molecule has 0 radical (unpaired) electrons. The molecular weight excluding hydrogens is 326 g/mol. The van der Waals surface area contributed by atoms with Crippen molar-refractivity contribution in [3.05, 3.63) is 47.0 Å². The molecule has 8 heteroatoms. The van der Waals surface area contributed by atoms with Crippen molar-refractivity contribution in [2.45, 2.75) is 0 Å². The second-order valence-corrected chi connectivity index (χ2v) is 4.66. The molecule has 3 aromatic rings. The Kier molecular flexibility index (Phi) is 3.07. The standard InChI is InChI=1S/C12H8BrN5O2/c13-11-10(12(19)20)16-9-2-1-8(17-18(9)11)15-7-3-5-14-6-4-7/h1-6H,(H,19,20)(H,14,15,17). The van der Waals surface area contributed by atoms with Crippen LogP contribution in [0.15, 0.2) is 41.3 Å². The molecule has 100 valence electrons. The van der Waals surface area contributed by atoms with Gasteiger partial charge < -0.3 is 10.4 Å². The smallest absolute Gasteiger partial charge is 0.357 e. The SMILES string of the molecule is O=C(O)c1nc2ccc(Nc3ccncc3)nn2c1Br. The van der Waals surface area contributed by atoms with Crippen LogP contribution in [0.3, 0.4) is 0 Å². The van der Waals surface area contributed by atoms with E-state index in [9.17, 15) is 4.79 Å². The van der Waals surface area contributed by atoms with Gasteiger partial charge >= 0.3 is 5.97 Å². The average Bonchev–Trinajstić information content (AvgIpc) is 2.77. The van der Waals surface area contributed by atoms with Crippen LogP contribution in [0, 0.1) is 0 Å². The molecule has 0 fully saturated rings. The lowest BCUT2D eigenvalue weighted by atomic mass is 10.4. The van der Waals surface area contributed by atoms with Gasteiger partial charge in [-0.25, -0.2) is 14.3 Å². The van der Waals surface area contributed by atoms with Crippen LogP contribution in [0.1, 0.15) is 10.5 Å². The normalized spacial score (nSPS) is 10.7. The molecule has 0 atom stereocenters. The number of nitrogens with one attached hydrogen (secondary N) is 1. The molecule has 0 spiro atoms. The first-order valence-electron chi connectivity index (χ1n) is 5.61. The van der Waals surface area contributed by atoms with Crippen molar-refractivity contribution >= 4 is 39.1 Å². The van der Waals surface area contributed by atoms with E-state index >= 15 is 0 Å². The van der Waals surface area contributed by atoms with Gasteiger partial charge in [-0.1, -0.05) is 0 Å². The van der Waals surface area contributed by atoms with Crippen LogP contribution in [0.25, 0.3) is 5.65 Å². The van der Waals surface area contributed by atoms with Crippen LogP contribution >= 0.6 is 15.9 Å². The molecule has 20 heavy (non-hydrogen) atoms. The molecule has 0 bridgehead atoms. The Morgan fingerprint density at radius 1 is 1.25 bits per heavy atom. The molecule has 2 N–H and O–H groups in total. The van der Waals surface area contributed by atoms with Crippen molar-refractivity contribution in [3.63, 3.8) is 0 Å². The van der Waals surface area contributed by atoms with E-state index in [-0.39, 0.29) is 5.69 Å². The van der Waals surface area contributed by atoms with E-state index in [4.69, 9.17) is 5.11 Å². The number of fused-ring (bicyclic) bond motifs is 1. The Morgan fingerprint density at radius 2 is 2.00 bits per heavy atom. The highest BCUT2D eigenvalue weighted by atomic mass is 79.9. The second kappa shape index (κ2) is 4.89. The van der Waals surface area contributed by atoms with Crippen LogP contribution in [-0.4, -0.2) is 30.7 Å². The number of anilines is 2. The predicted molar refractivity (Wildman–Crippen MR) is 75.2 cm³/mol. The van der Waals surface area contributed by atoms with E-state index in [0.717, 1.165) is 5.69 Å². The summed E-state index contributed by atoms with van der Waals surface area (Å²) in [5.41, 5.74) is 1.22. The maximum atomic E-state index is 11.0. The first-order chi connectivity index (χ1) is 9.65. The van der Waals surface area contributed by atoms with Crippen molar-refractivity contribution in [1.29, 1.82) is 0 Å². The molecule has 0 aliphatic heterocycles. The lowest BCUT2D eigenvalue weighted by Crippen LogP contribution is -2.00. The lowest BCUT2D eigenvalue weighted by Gasteiger charge is -2.05. The summed E-state index contributed by atoms with van der Waals surface area (Å²) in [6, 6.07) is 7.02. The molecule has 0 aliphatic carbocycles. The number of hydrogen-bond donors (Lipinski definition) is 2. The Bertz CT molecular complexity index is 787. The number of carboxylic acids is 1. The number of aromatic nitrogens is 4. The van der Waals surface area contributed by atoms with Crippen LogP contribution in [0.5, 0.6) is 0 Å². The van der Waals surface area contributed by atoms with Gasteiger partial charge in [0.1, 0.15) is 4.60 Å². The summed E-state index contributed by atoms with van der Waals surface area (Å²) >= 11 is 3.19. The average molecular weight is 334 g/mol. The quantitative estimate of drug-likeness (QED) is 0.764. The number of rotatable bonds is 3. The number of nitrogens with zero attached hydrogens (tertiary/aromatic N) is 4. The maximum Gasteiger partial charge on any atom is 0.357 e. The lowest BCUT2D eigenvalue weighted by molar-refractivity contribution is 0.0690. The molecule has 7 nitrogen and oxygen atoms in total. The molecule has 0 saturated heterocycles. The highest BCUT2D eigenvalue weighted by molar-refractivity contribution is 9.10. The number of carboxylic acid groups (broad SMARTS) is 1. The first-order valence-corrected chi connectivity index (χ1v) is 6.40. The number of hydrogen-bond acceptors (Lipinski definition) is 5. The Hall–Kier alpha value is -2.48. The van der Waals surface area contributed by atoms with Gasteiger partial charge in [0.25, 0.3) is 0 Å². The van der Waals surface area contributed by atoms with Gasteiger partial charge in [-0.15, -0.1) is 5.10 Å². The fraction of sp³-hybridized carbons (Fsp3) is 0. The van der Waals surface area contributed by atoms with Gasteiger partial charge in [0, 0.05) is 18.1 Å². The molecule has 0 aromatic carbocycles. The topological polar surface area (TPSA) is 92.4 Å². The summed E-state index contributed by atoms with van der Waals surface area (Å²) in [5.74, 6) is -0.537. The van der Waals surface area contributed by atoms with Crippen LogP contribution in [0.2, 0.25) is 0 Å². The van der Waals surface area contributed by atoms with Crippen LogP contribution in [0.4, 0.5) is 11.5 Å². The fourth-order valence-corrected chi connectivity index (χ4v) is 2.21. The molecule has 0 unspecified atom stereocenters. The summed E-state index contributed by atoms with van der Waals surface area (Å²) in [6.45, 7) is 0. The second-order valence-electron chi connectivity index (χ2n) is 3.91. The molecule has 3 rings (SSSR count). The molecule has 3 heterocycles. The predicted octanol–water partition coefficient (Wildman–Crippen LogP) is 2.33. The van der Waals surface area contributed by atoms with Crippen molar-refractivity contribution in [3.8, 4) is 0 Å². The van der Waals surface area contributed by atoms with E-state index < -0.39 is 5.97 Å². The zero-order valence-electron chi connectivity index (χ0n) is 9.99. The van der Waals surface area contributed by atoms with Gasteiger partial charge in [-0.05, 0) is 40.2 Å². The molecule has 0 saturated carbocycles. The van der Waals surface area contributed by atoms with Gasteiger partial charge in [-0.3, -0.25) is 4.98 Å². The van der Waals surface area contributed by atoms with Gasteiger partial charge in [-0.2, -0.15) is 0 Å². The molecule has 0 aliphatic rings. The highest BCUT2D eigenvalue weighted by Gasteiger charge is 2.17. The minimum Gasteiger partial charge on any atom is -0.476 e. The van der Waals surface area contributed by atoms with Crippen molar-refractivity contribution in [2.24, 2.45) is 0 Å². The highest BCUT2D eigenvalue weighted by Crippen LogP contribution is 2.20. The molecule has 0 amide bonds.